The molecule has 0 aromatic carbocycles. The zero-order valence-electron chi connectivity index (χ0n) is 16.4. The van der Waals surface area contributed by atoms with Crippen LogP contribution in [0, 0.1) is 17.8 Å². The molecule has 0 saturated carbocycles. The lowest BCUT2D eigenvalue weighted by Crippen LogP contribution is -2.48. The predicted molar refractivity (Wildman–Crippen MR) is 101 cm³/mol. The van der Waals surface area contributed by atoms with Crippen molar-refractivity contribution in [2.24, 2.45) is 5.92 Å². The molecule has 1 aliphatic rings. The van der Waals surface area contributed by atoms with Gasteiger partial charge in [-0.1, -0.05) is 46.0 Å². The van der Waals surface area contributed by atoms with Crippen LogP contribution in [0.15, 0.2) is 0 Å². The number of piperazine rings is 1. The van der Waals surface area contributed by atoms with E-state index in [9.17, 15) is 9.59 Å². The molecular formula is C20H36N2O2. The minimum atomic E-state index is 0.239. The molecule has 4 heteroatoms. The van der Waals surface area contributed by atoms with E-state index in [0.717, 1.165) is 52.0 Å². The number of ketones is 1. The highest BCUT2D eigenvalue weighted by Crippen LogP contribution is 2.08. The van der Waals surface area contributed by atoms with E-state index < -0.39 is 0 Å². The van der Waals surface area contributed by atoms with E-state index in [1.807, 2.05) is 18.7 Å². The van der Waals surface area contributed by atoms with E-state index in [1.54, 1.807) is 6.92 Å². The van der Waals surface area contributed by atoms with Crippen LogP contribution in [-0.2, 0) is 9.59 Å². The summed E-state index contributed by atoms with van der Waals surface area (Å²) in [6.45, 7) is 14.1. The van der Waals surface area contributed by atoms with E-state index in [4.69, 9.17) is 0 Å². The van der Waals surface area contributed by atoms with Crippen LogP contribution in [0.1, 0.15) is 66.7 Å². The van der Waals surface area contributed by atoms with Gasteiger partial charge in [-0.3, -0.25) is 9.69 Å². The summed E-state index contributed by atoms with van der Waals surface area (Å²) in [5.74, 6) is 7.30. The average Bonchev–Trinajstić information content (AvgIpc) is 2.56. The number of carbonyl (C=O) groups is 2. The Hall–Kier alpha value is -1.34. The third-order valence-corrected chi connectivity index (χ3v) is 3.84. The molecule has 1 aliphatic heterocycles. The minimum absolute atomic E-state index is 0.239. The van der Waals surface area contributed by atoms with Crippen molar-refractivity contribution >= 4 is 11.7 Å². The van der Waals surface area contributed by atoms with Gasteiger partial charge in [0.25, 0.3) is 0 Å². The molecule has 0 aromatic heterocycles. The maximum Gasteiger partial charge on any atom is 0.222 e. The van der Waals surface area contributed by atoms with Crippen molar-refractivity contribution in [3.8, 4) is 11.8 Å². The van der Waals surface area contributed by atoms with Crippen molar-refractivity contribution < 1.29 is 9.59 Å². The molecule has 0 bridgehead atoms. The first-order valence-corrected chi connectivity index (χ1v) is 9.47. The van der Waals surface area contributed by atoms with Crippen molar-refractivity contribution in [2.45, 2.75) is 66.7 Å². The summed E-state index contributed by atoms with van der Waals surface area (Å²) in [7, 11) is 0. The molecule has 0 radical (unpaired) electrons. The second-order valence-corrected chi connectivity index (χ2v) is 6.40. The highest BCUT2D eigenvalue weighted by molar-refractivity contribution is 5.76. The summed E-state index contributed by atoms with van der Waals surface area (Å²) in [6, 6.07) is 0. The zero-order valence-corrected chi connectivity index (χ0v) is 16.4. The third-order valence-electron chi connectivity index (χ3n) is 3.84. The fourth-order valence-electron chi connectivity index (χ4n) is 2.50. The normalized spacial score (nSPS) is 14.5. The molecule has 0 aliphatic carbocycles. The first-order valence-electron chi connectivity index (χ1n) is 9.47. The Bertz CT molecular complexity index is 413. The summed E-state index contributed by atoms with van der Waals surface area (Å²) in [5.41, 5.74) is 0. The van der Waals surface area contributed by atoms with Crippen LogP contribution in [0.3, 0.4) is 0 Å². The first kappa shape index (κ1) is 22.7. The summed E-state index contributed by atoms with van der Waals surface area (Å²) < 4.78 is 0. The average molecular weight is 337 g/mol. The Morgan fingerprint density at radius 2 is 1.54 bits per heavy atom. The SMILES string of the molecule is CC.CC(=O)CCCCCC(=O)N1CCN(CC#CC(C)C)CC1. The number of hydrogen-bond acceptors (Lipinski definition) is 3. The zero-order chi connectivity index (χ0) is 18.4. The molecule has 1 amide bonds. The molecule has 0 spiro atoms. The Kier molecular flexibility index (Phi) is 13.3. The van der Waals surface area contributed by atoms with Crippen molar-refractivity contribution in [2.75, 3.05) is 32.7 Å². The Balaban J connectivity index is 0.00000254. The molecule has 1 fully saturated rings. The molecular weight excluding hydrogens is 300 g/mol. The lowest BCUT2D eigenvalue weighted by molar-refractivity contribution is -0.133. The van der Waals surface area contributed by atoms with E-state index >= 15 is 0 Å². The smallest absolute Gasteiger partial charge is 0.222 e. The molecule has 1 rings (SSSR count). The van der Waals surface area contributed by atoms with Gasteiger partial charge in [-0.2, -0.15) is 0 Å². The van der Waals surface area contributed by atoms with Crippen LogP contribution in [0.2, 0.25) is 0 Å². The number of unbranched alkanes of at least 4 members (excludes halogenated alkanes) is 2. The van der Waals surface area contributed by atoms with Crippen LogP contribution >= 0.6 is 0 Å². The number of carbonyl (C=O) groups excluding carboxylic acids is 2. The quantitative estimate of drug-likeness (QED) is 0.529. The monoisotopic (exact) mass is 336 g/mol. The van der Waals surface area contributed by atoms with Crippen LogP contribution in [0.25, 0.3) is 0 Å². The lowest BCUT2D eigenvalue weighted by Gasteiger charge is -2.33. The largest absolute Gasteiger partial charge is 0.340 e. The molecule has 4 nitrogen and oxygen atoms in total. The molecule has 0 aromatic rings. The number of amides is 1. The van der Waals surface area contributed by atoms with Crippen molar-refractivity contribution in [3.63, 3.8) is 0 Å². The Morgan fingerprint density at radius 3 is 2.08 bits per heavy atom. The molecule has 0 atom stereocenters. The molecule has 1 saturated heterocycles. The summed E-state index contributed by atoms with van der Waals surface area (Å²) in [5, 5.41) is 0. The second kappa shape index (κ2) is 14.0. The van der Waals surface area contributed by atoms with Crippen LogP contribution in [0.5, 0.6) is 0 Å². The first-order chi connectivity index (χ1) is 11.5. The van der Waals surface area contributed by atoms with E-state index in [0.29, 0.717) is 18.8 Å². The van der Waals surface area contributed by atoms with Gasteiger partial charge in [-0.05, 0) is 19.8 Å². The van der Waals surface area contributed by atoms with Gasteiger partial charge < -0.3 is 9.69 Å². The summed E-state index contributed by atoms with van der Waals surface area (Å²) in [6.07, 6.45) is 4.03. The summed E-state index contributed by atoms with van der Waals surface area (Å²) in [4.78, 5) is 27.2. The van der Waals surface area contributed by atoms with Gasteiger partial charge in [0.15, 0.2) is 0 Å². The third kappa shape index (κ3) is 11.2. The maximum atomic E-state index is 12.1. The van der Waals surface area contributed by atoms with Gasteiger partial charge in [-0.25, -0.2) is 0 Å². The van der Waals surface area contributed by atoms with E-state index in [1.165, 1.54) is 0 Å². The molecule has 1 heterocycles. The topological polar surface area (TPSA) is 40.6 Å². The number of Topliss-reactive ketones (excluding diaryl/α,β-unsaturated/α-hetero) is 1. The van der Waals surface area contributed by atoms with Crippen LogP contribution in [-0.4, -0.2) is 54.2 Å². The summed E-state index contributed by atoms with van der Waals surface area (Å²) >= 11 is 0. The fraction of sp³-hybridized carbons (Fsp3) is 0.800. The van der Waals surface area contributed by atoms with Gasteiger partial charge in [0, 0.05) is 44.9 Å². The maximum absolute atomic E-state index is 12.1. The minimum Gasteiger partial charge on any atom is -0.340 e. The van der Waals surface area contributed by atoms with Gasteiger partial charge in [0.05, 0.1) is 6.54 Å². The molecule has 24 heavy (non-hydrogen) atoms. The molecule has 138 valence electrons. The molecule has 0 N–H and O–H groups in total. The van der Waals surface area contributed by atoms with E-state index in [-0.39, 0.29) is 11.7 Å². The highest BCUT2D eigenvalue weighted by atomic mass is 16.2. The number of nitrogens with zero attached hydrogens (tertiary/aromatic N) is 2. The van der Waals surface area contributed by atoms with Gasteiger partial charge in [0.2, 0.25) is 5.91 Å². The standard InChI is InChI=1S/C18H30N2O2.C2H6/c1-16(2)8-7-11-19-12-14-20(15-13-19)18(22)10-6-4-5-9-17(3)21;1-2/h16H,4-6,9-15H2,1-3H3;1-2H3. The van der Waals surface area contributed by atoms with Crippen LogP contribution < -0.4 is 0 Å². The van der Waals surface area contributed by atoms with Crippen LogP contribution in [0.4, 0.5) is 0 Å². The van der Waals surface area contributed by atoms with Gasteiger partial charge in [-0.15, -0.1) is 0 Å². The Morgan fingerprint density at radius 1 is 0.958 bits per heavy atom. The lowest BCUT2D eigenvalue weighted by atomic mass is 10.1. The number of rotatable bonds is 7. The van der Waals surface area contributed by atoms with Crippen molar-refractivity contribution in [1.29, 1.82) is 0 Å². The van der Waals surface area contributed by atoms with Crippen molar-refractivity contribution in [1.82, 2.24) is 9.80 Å². The molecule has 0 unspecified atom stereocenters. The second-order valence-electron chi connectivity index (χ2n) is 6.40. The van der Waals surface area contributed by atoms with Crippen molar-refractivity contribution in [3.05, 3.63) is 0 Å². The highest BCUT2D eigenvalue weighted by Gasteiger charge is 2.19. The van der Waals surface area contributed by atoms with E-state index in [2.05, 4.69) is 30.6 Å². The van der Waals surface area contributed by atoms with Gasteiger partial charge >= 0.3 is 0 Å². The fourth-order valence-corrected chi connectivity index (χ4v) is 2.50. The number of hydrogen-bond donors (Lipinski definition) is 0. The van der Waals surface area contributed by atoms with Gasteiger partial charge in [0.1, 0.15) is 5.78 Å². The Labute approximate surface area is 149 Å². The predicted octanol–water partition coefficient (Wildman–Crippen LogP) is 3.36.